The van der Waals surface area contributed by atoms with Crippen LogP contribution in [-0.4, -0.2) is 28.8 Å². The molecule has 4 aromatic rings. The molecule has 0 saturated carbocycles. The van der Waals surface area contributed by atoms with Crippen LogP contribution in [0.4, 0.5) is 0 Å². The smallest absolute Gasteiger partial charge is 0.226 e. The van der Waals surface area contributed by atoms with E-state index in [2.05, 4.69) is 9.97 Å². The number of rotatable bonds is 7. The molecule has 0 radical (unpaired) electrons. The summed E-state index contributed by atoms with van der Waals surface area (Å²) >= 11 is 1.60. The van der Waals surface area contributed by atoms with Gasteiger partial charge in [0.2, 0.25) is 5.89 Å². The molecule has 0 fully saturated rings. The number of thioether (sulfide) groups is 1. The summed E-state index contributed by atoms with van der Waals surface area (Å²) in [6.07, 6.45) is 5.42. The number of benzene rings is 2. The second-order valence-electron chi connectivity index (χ2n) is 5.94. The number of hydrogen-bond donors (Lipinski definition) is 0. The molecule has 0 saturated heterocycles. The van der Waals surface area contributed by atoms with E-state index in [9.17, 15) is 0 Å². The van der Waals surface area contributed by atoms with Gasteiger partial charge in [-0.05, 0) is 48.5 Å². The van der Waals surface area contributed by atoms with Crippen molar-refractivity contribution in [2.75, 3.05) is 14.2 Å². The van der Waals surface area contributed by atoms with Gasteiger partial charge in [-0.15, -0.1) is 0 Å². The van der Waals surface area contributed by atoms with Crippen LogP contribution in [0.15, 0.2) is 76.8 Å². The number of ether oxygens (including phenoxy) is 2. The van der Waals surface area contributed by atoms with E-state index in [0.717, 1.165) is 33.6 Å². The molecule has 4 rings (SSSR count). The van der Waals surface area contributed by atoms with Gasteiger partial charge in [0.1, 0.15) is 17.8 Å². The maximum atomic E-state index is 5.63. The van der Waals surface area contributed by atoms with Gasteiger partial charge in [-0.2, -0.15) is 0 Å². The molecule has 0 N–H and O–H groups in total. The Bertz CT molecular complexity index is 1040. The van der Waals surface area contributed by atoms with Crippen LogP contribution >= 0.6 is 11.8 Å². The van der Waals surface area contributed by atoms with Gasteiger partial charge in [0.05, 0.1) is 19.9 Å². The fourth-order valence-corrected chi connectivity index (χ4v) is 3.56. The van der Waals surface area contributed by atoms with Gasteiger partial charge in [0.15, 0.2) is 5.16 Å². The minimum absolute atomic E-state index is 0.594. The first-order valence-electron chi connectivity index (χ1n) is 8.66. The van der Waals surface area contributed by atoms with Gasteiger partial charge in [-0.25, -0.2) is 9.97 Å². The second-order valence-corrected chi connectivity index (χ2v) is 6.88. The van der Waals surface area contributed by atoms with Crippen molar-refractivity contribution < 1.29 is 13.9 Å². The molecule has 0 spiro atoms. The lowest BCUT2D eigenvalue weighted by Gasteiger charge is -2.07. The first-order chi connectivity index (χ1) is 13.8. The third-order valence-corrected chi connectivity index (χ3v) is 5.20. The van der Waals surface area contributed by atoms with Crippen molar-refractivity contribution in [3.05, 3.63) is 72.9 Å². The fourth-order valence-electron chi connectivity index (χ4n) is 2.71. The summed E-state index contributed by atoms with van der Waals surface area (Å²) in [5.74, 6) is 2.88. The van der Waals surface area contributed by atoms with Crippen LogP contribution in [0.5, 0.6) is 11.5 Å². The SMILES string of the molecule is COc1ccc(-c2nc(CSc3nccn3-c3ccc(OC)cc3)co2)cc1. The Hall–Kier alpha value is -3.19. The summed E-state index contributed by atoms with van der Waals surface area (Å²) in [6.45, 7) is 0. The lowest BCUT2D eigenvalue weighted by atomic mass is 10.2. The maximum Gasteiger partial charge on any atom is 0.226 e. The summed E-state index contributed by atoms with van der Waals surface area (Å²) in [5.41, 5.74) is 2.80. The van der Waals surface area contributed by atoms with Gasteiger partial charge in [0.25, 0.3) is 0 Å². The van der Waals surface area contributed by atoms with Crippen molar-refractivity contribution in [1.82, 2.24) is 14.5 Å². The minimum atomic E-state index is 0.594. The first kappa shape index (κ1) is 18.2. The summed E-state index contributed by atoms with van der Waals surface area (Å²) in [4.78, 5) is 9.04. The molecule has 0 amide bonds. The van der Waals surface area contributed by atoms with Crippen molar-refractivity contribution in [2.45, 2.75) is 10.9 Å². The molecule has 142 valence electrons. The third kappa shape index (κ3) is 3.89. The largest absolute Gasteiger partial charge is 0.497 e. The van der Waals surface area contributed by atoms with Crippen LogP contribution in [0.3, 0.4) is 0 Å². The van der Waals surface area contributed by atoms with Crippen LogP contribution in [0.2, 0.25) is 0 Å². The van der Waals surface area contributed by atoms with Gasteiger partial charge in [-0.3, -0.25) is 4.57 Å². The lowest BCUT2D eigenvalue weighted by Crippen LogP contribution is -1.95. The molecule has 0 aliphatic heterocycles. The number of imidazole rings is 1. The molecule has 0 aliphatic rings. The van der Waals surface area contributed by atoms with Gasteiger partial charge in [0, 0.05) is 29.4 Å². The Morgan fingerprint density at radius 1 is 0.964 bits per heavy atom. The molecule has 2 heterocycles. The molecule has 6 nitrogen and oxygen atoms in total. The molecular weight excluding hydrogens is 374 g/mol. The van der Waals surface area contributed by atoms with E-state index in [1.165, 1.54) is 0 Å². The first-order valence-corrected chi connectivity index (χ1v) is 9.65. The predicted molar refractivity (Wildman–Crippen MR) is 108 cm³/mol. The quantitative estimate of drug-likeness (QED) is 0.419. The molecule has 0 bridgehead atoms. The number of methoxy groups -OCH3 is 2. The second kappa shape index (κ2) is 8.22. The van der Waals surface area contributed by atoms with Crippen molar-refractivity contribution in [3.8, 4) is 28.6 Å². The Labute approximate surface area is 167 Å². The minimum Gasteiger partial charge on any atom is -0.497 e. The van der Waals surface area contributed by atoms with Crippen molar-refractivity contribution in [3.63, 3.8) is 0 Å². The highest BCUT2D eigenvalue weighted by Crippen LogP contribution is 2.27. The van der Waals surface area contributed by atoms with E-state index in [4.69, 9.17) is 13.9 Å². The monoisotopic (exact) mass is 393 g/mol. The molecule has 7 heteroatoms. The normalized spacial score (nSPS) is 10.8. The molecule has 2 aromatic heterocycles. The molecular formula is C21H19N3O3S. The standard InChI is InChI=1S/C21H19N3O3S/c1-25-18-7-3-15(4-8-18)20-23-16(13-27-20)14-28-21-22-11-12-24(21)17-5-9-19(26-2)10-6-17/h3-13H,14H2,1-2H3. The van der Waals surface area contributed by atoms with E-state index in [1.54, 1.807) is 38.4 Å². The van der Waals surface area contributed by atoms with Crippen molar-refractivity contribution in [1.29, 1.82) is 0 Å². The molecule has 0 unspecified atom stereocenters. The predicted octanol–water partition coefficient (Wildman–Crippen LogP) is 4.84. The summed E-state index contributed by atoms with van der Waals surface area (Å²) < 4.78 is 18.1. The lowest BCUT2D eigenvalue weighted by molar-refractivity contribution is 0.414. The van der Waals surface area contributed by atoms with Crippen LogP contribution in [0.1, 0.15) is 5.69 Å². The van der Waals surface area contributed by atoms with Crippen molar-refractivity contribution in [2.24, 2.45) is 0 Å². The summed E-state index contributed by atoms with van der Waals surface area (Å²) in [7, 11) is 3.30. The summed E-state index contributed by atoms with van der Waals surface area (Å²) in [5, 5.41) is 0.888. The number of nitrogens with zero attached hydrogens (tertiary/aromatic N) is 3. The van der Waals surface area contributed by atoms with E-state index < -0.39 is 0 Å². The van der Waals surface area contributed by atoms with Crippen molar-refractivity contribution >= 4 is 11.8 Å². The average Bonchev–Trinajstić information content (AvgIpc) is 3.42. The molecule has 0 aliphatic carbocycles. The molecule has 2 aromatic carbocycles. The van der Waals surface area contributed by atoms with Gasteiger partial charge >= 0.3 is 0 Å². The Morgan fingerprint density at radius 2 is 1.64 bits per heavy atom. The zero-order chi connectivity index (χ0) is 19.3. The Balaban J connectivity index is 1.45. The number of aromatic nitrogens is 3. The van der Waals surface area contributed by atoms with Crippen LogP contribution < -0.4 is 9.47 Å². The Morgan fingerprint density at radius 3 is 2.32 bits per heavy atom. The fraction of sp³-hybridized carbons (Fsp3) is 0.143. The average molecular weight is 393 g/mol. The van der Waals surface area contributed by atoms with Gasteiger partial charge in [-0.1, -0.05) is 11.8 Å². The maximum absolute atomic E-state index is 5.63. The van der Waals surface area contributed by atoms with E-state index in [-0.39, 0.29) is 0 Å². The van der Waals surface area contributed by atoms with Crippen LogP contribution in [0.25, 0.3) is 17.1 Å². The zero-order valence-electron chi connectivity index (χ0n) is 15.5. The topological polar surface area (TPSA) is 62.3 Å². The zero-order valence-corrected chi connectivity index (χ0v) is 16.3. The molecule has 0 atom stereocenters. The van der Waals surface area contributed by atoms with Gasteiger partial charge < -0.3 is 13.9 Å². The van der Waals surface area contributed by atoms with E-state index in [0.29, 0.717) is 11.6 Å². The molecule has 28 heavy (non-hydrogen) atoms. The third-order valence-electron chi connectivity index (χ3n) is 4.20. The van der Waals surface area contributed by atoms with E-state index in [1.807, 2.05) is 59.3 Å². The van der Waals surface area contributed by atoms with E-state index >= 15 is 0 Å². The highest BCUT2D eigenvalue weighted by molar-refractivity contribution is 7.98. The highest BCUT2D eigenvalue weighted by Gasteiger charge is 2.10. The highest BCUT2D eigenvalue weighted by atomic mass is 32.2. The van der Waals surface area contributed by atoms with Crippen LogP contribution in [-0.2, 0) is 5.75 Å². The Kier molecular flexibility index (Phi) is 5.34. The number of oxazole rings is 1. The van der Waals surface area contributed by atoms with Crippen LogP contribution in [0, 0.1) is 0 Å². The number of hydrogen-bond acceptors (Lipinski definition) is 6. The summed E-state index contributed by atoms with van der Waals surface area (Å²) in [6, 6.07) is 15.5.